The van der Waals surface area contributed by atoms with Crippen LogP contribution in [0.3, 0.4) is 0 Å². The minimum Gasteiger partial charge on any atom is -0.303 e. The van der Waals surface area contributed by atoms with Crippen LogP contribution in [0.5, 0.6) is 0 Å². The van der Waals surface area contributed by atoms with Gasteiger partial charge in [0.1, 0.15) is 20.4 Å². The SMILES string of the molecule is CCNC(c1nccs1)c1ncc(Cl)s1. The third-order valence-corrected chi connectivity index (χ3v) is 3.87. The van der Waals surface area contributed by atoms with Crippen LogP contribution < -0.4 is 5.32 Å². The average molecular weight is 260 g/mol. The zero-order valence-electron chi connectivity index (χ0n) is 8.11. The lowest BCUT2D eigenvalue weighted by molar-refractivity contribution is 0.623. The van der Waals surface area contributed by atoms with Crippen molar-refractivity contribution in [1.29, 1.82) is 0 Å². The smallest absolute Gasteiger partial charge is 0.118 e. The quantitative estimate of drug-likeness (QED) is 0.917. The number of nitrogens with zero attached hydrogens (tertiary/aromatic N) is 2. The second-order valence-electron chi connectivity index (χ2n) is 2.86. The van der Waals surface area contributed by atoms with E-state index in [0.717, 1.165) is 16.6 Å². The van der Waals surface area contributed by atoms with Crippen molar-refractivity contribution < 1.29 is 0 Å². The number of aromatic nitrogens is 2. The van der Waals surface area contributed by atoms with Gasteiger partial charge in [-0.3, -0.25) is 0 Å². The second kappa shape index (κ2) is 5.03. The minimum atomic E-state index is 0.0764. The third kappa shape index (κ3) is 2.55. The Bertz CT molecular complexity index is 413. The molecular weight excluding hydrogens is 250 g/mol. The molecule has 0 aromatic carbocycles. The molecule has 0 bridgehead atoms. The number of thiazole rings is 2. The summed E-state index contributed by atoms with van der Waals surface area (Å²) in [4.78, 5) is 8.58. The van der Waals surface area contributed by atoms with Gasteiger partial charge >= 0.3 is 0 Å². The summed E-state index contributed by atoms with van der Waals surface area (Å²) < 4.78 is 0.712. The van der Waals surface area contributed by atoms with Crippen LogP contribution in [0, 0.1) is 0 Å². The van der Waals surface area contributed by atoms with Gasteiger partial charge in [-0.15, -0.1) is 22.7 Å². The maximum absolute atomic E-state index is 5.88. The van der Waals surface area contributed by atoms with E-state index in [1.54, 1.807) is 23.7 Å². The van der Waals surface area contributed by atoms with Crippen LogP contribution in [0.4, 0.5) is 0 Å². The second-order valence-corrected chi connectivity index (χ2v) is 5.48. The third-order valence-electron chi connectivity index (χ3n) is 1.85. The summed E-state index contributed by atoms with van der Waals surface area (Å²) in [5.74, 6) is 0. The molecule has 0 radical (unpaired) electrons. The van der Waals surface area contributed by atoms with Crippen LogP contribution >= 0.6 is 34.3 Å². The lowest BCUT2D eigenvalue weighted by Gasteiger charge is -2.11. The van der Waals surface area contributed by atoms with E-state index < -0.39 is 0 Å². The van der Waals surface area contributed by atoms with E-state index in [4.69, 9.17) is 11.6 Å². The zero-order chi connectivity index (χ0) is 10.7. The fraction of sp³-hybridized carbons (Fsp3) is 0.333. The Kier molecular flexibility index (Phi) is 3.69. The molecule has 0 spiro atoms. The van der Waals surface area contributed by atoms with E-state index in [-0.39, 0.29) is 6.04 Å². The van der Waals surface area contributed by atoms with Gasteiger partial charge in [0.2, 0.25) is 0 Å². The van der Waals surface area contributed by atoms with E-state index in [0.29, 0.717) is 4.34 Å². The van der Waals surface area contributed by atoms with Gasteiger partial charge in [0.05, 0.1) is 6.20 Å². The van der Waals surface area contributed by atoms with Crippen molar-refractivity contribution in [3.05, 3.63) is 32.1 Å². The molecule has 2 rings (SSSR count). The Hall–Kier alpha value is -0.490. The van der Waals surface area contributed by atoms with Gasteiger partial charge in [0.25, 0.3) is 0 Å². The van der Waals surface area contributed by atoms with Gasteiger partial charge in [0.15, 0.2) is 0 Å². The van der Waals surface area contributed by atoms with E-state index >= 15 is 0 Å². The van der Waals surface area contributed by atoms with Gasteiger partial charge in [-0.1, -0.05) is 18.5 Å². The number of hydrogen-bond acceptors (Lipinski definition) is 5. The fourth-order valence-corrected chi connectivity index (χ4v) is 3.06. The predicted molar refractivity (Wildman–Crippen MR) is 64.8 cm³/mol. The Morgan fingerprint density at radius 1 is 1.47 bits per heavy atom. The Morgan fingerprint density at radius 3 is 2.87 bits per heavy atom. The first-order valence-corrected chi connectivity index (χ1v) is 6.62. The summed E-state index contributed by atoms with van der Waals surface area (Å²) in [5.41, 5.74) is 0. The van der Waals surface area contributed by atoms with Gasteiger partial charge in [-0.25, -0.2) is 9.97 Å². The average Bonchev–Trinajstić information content (AvgIpc) is 2.85. The highest BCUT2D eigenvalue weighted by Crippen LogP contribution is 2.29. The monoisotopic (exact) mass is 259 g/mol. The molecule has 2 aromatic rings. The van der Waals surface area contributed by atoms with Crippen molar-refractivity contribution in [3.8, 4) is 0 Å². The maximum Gasteiger partial charge on any atom is 0.118 e. The molecule has 2 heterocycles. The summed E-state index contributed by atoms with van der Waals surface area (Å²) >= 11 is 8.99. The fourth-order valence-electron chi connectivity index (χ4n) is 1.26. The molecular formula is C9H10ClN3S2. The first-order valence-electron chi connectivity index (χ1n) is 4.55. The summed E-state index contributed by atoms with van der Waals surface area (Å²) in [6, 6.07) is 0.0764. The molecule has 2 aromatic heterocycles. The molecule has 0 amide bonds. The highest BCUT2D eigenvalue weighted by molar-refractivity contribution is 7.16. The summed E-state index contributed by atoms with van der Waals surface area (Å²) in [5, 5.41) is 7.32. The molecule has 0 saturated heterocycles. The molecule has 1 unspecified atom stereocenters. The Labute approximate surface area is 101 Å². The van der Waals surface area contributed by atoms with Crippen molar-refractivity contribution in [2.24, 2.45) is 0 Å². The predicted octanol–water partition coefficient (Wildman–Crippen LogP) is 2.95. The molecule has 0 saturated carbocycles. The lowest BCUT2D eigenvalue weighted by Crippen LogP contribution is -2.21. The molecule has 1 N–H and O–H groups in total. The maximum atomic E-state index is 5.88. The number of hydrogen-bond donors (Lipinski definition) is 1. The highest BCUT2D eigenvalue weighted by Gasteiger charge is 2.18. The molecule has 0 aliphatic heterocycles. The van der Waals surface area contributed by atoms with E-state index in [1.165, 1.54) is 11.3 Å². The van der Waals surface area contributed by atoms with Crippen LogP contribution in [0.2, 0.25) is 4.34 Å². The van der Waals surface area contributed by atoms with Crippen molar-refractivity contribution >= 4 is 34.3 Å². The van der Waals surface area contributed by atoms with Crippen molar-refractivity contribution in [1.82, 2.24) is 15.3 Å². The molecule has 6 heteroatoms. The number of halogens is 1. The van der Waals surface area contributed by atoms with Crippen LogP contribution in [0.25, 0.3) is 0 Å². The Morgan fingerprint density at radius 2 is 2.33 bits per heavy atom. The minimum absolute atomic E-state index is 0.0764. The first kappa shape index (κ1) is 11.0. The molecule has 15 heavy (non-hydrogen) atoms. The zero-order valence-corrected chi connectivity index (χ0v) is 10.5. The molecule has 1 atom stereocenters. The molecule has 80 valence electrons. The standard InChI is InChI=1S/C9H10ClN3S2/c1-2-11-7(8-12-3-4-14-8)9-13-5-6(10)15-9/h3-5,7,11H,2H2,1H3. The van der Waals surface area contributed by atoms with Crippen LogP contribution in [-0.4, -0.2) is 16.5 Å². The van der Waals surface area contributed by atoms with Gasteiger partial charge < -0.3 is 5.32 Å². The summed E-state index contributed by atoms with van der Waals surface area (Å²) in [6.07, 6.45) is 3.49. The molecule has 0 fully saturated rings. The van der Waals surface area contributed by atoms with Gasteiger partial charge in [-0.05, 0) is 6.54 Å². The summed E-state index contributed by atoms with van der Waals surface area (Å²) in [6.45, 7) is 2.94. The number of nitrogens with one attached hydrogen (secondary N) is 1. The molecule has 3 nitrogen and oxygen atoms in total. The highest BCUT2D eigenvalue weighted by atomic mass is 35.5. The lowest BCUT2D eigenvalue weighted by atomic mass is 10.3. The normalized spacial score (nSPS) is 12.9. The van der Waals surface area contributed by atoms with E-state index in [1.807, 2.05) is 5.38 Å². The van der Waals surface area contributed by atoms with Crippen LogP contribution in [-0.2, 0) is 0 Å². The van der Waals surface area contributed by atoms with Crippen molar-refractivity contribution in [3.63, 3.8) is 0 Å². The topological polar surface area (TPSA) is 37.8 Å². The van der Waals surface area contributed by atoms with Gasteiger partial charge in [-0.2, -0.15) is 0 Å². The van der Waals surface area contributed by atoms with Gasteiger partial charge in [0, 0.05) is 11.6 Å². The summed E-state index contributed by atoms with van der Waals surface area (Å²) in [7, 11) is 0. The van der Waals surface area contributed by atoms with Crippen molar-refractivity contribution in [2.75, 3.05) is 6.54 Å². The molecule has 0 aliphatic rings. The molecule has 0 aliphatic carbocycles. The first-order chi connectivity index (χ1) is 7.31. The van der Waals surface area contributed by atoms with Crippen molar-refractivity contribution in [2.45, 2.75) is 13.0 Å². The van der Waals surface area contributed by atoms with E-state index in [2.05, 4.69) is 22.2 Å². The van der Waals surface area contributed by atoms with E-state index in [9.17, 15) is 0 Å². The largest absolute Gasteiger partial charge is 0.303 e. The Balaban J connectivity index is 2.27. The number of rotatable bonds is 4. The van der Waals surface area contributed by atoms with Crippen LogP contribution in [0.1, 0.15) is 23.0 Å². The van der Waals surface area contributed by atoms with Crippen LogP contribution in [0.15, 0.2) is 17.8 Å².